The third-order valence-corrected chi connectivity index (χ3v) is 3.21. The summed E-state index contributed by atoms with van der Waals surface area (Å²) in [6.45, 7) is 2.15. The minimum absolute atomic E-state index is 0.322. The summed E-state index contributed by atoms with van der Waals surface area (Å²) in [7, 11) is 0. The van der Waals surface area contributed by atoms with E-state index in [1.807, 2.05) is 48.7 Å². The van der Waals surface area contributed by atoms with Crippen molar-refractivity contribution in [2.24, 2.45) is 0 Å². The summed E-state index contributed by atoms with van der Waals surface area (Å²) >= 11 is 0. The summed E-state index contributed by atoms with van der Waals surface area (Å²) in [4.78, 5) is 11.6. The molecule has 22 heavy (non-hydrogen) atoms. The van der Waals surface area contributed by atoms with Crippen LogP contribution in [-0.2, 0) is 4.74 Å². The molecule has 3 rings (SSSR count). The van der Waals surface area contributed by atoms with Gasteiger partial charge in [0.15, 0.2) is 0 Å². The Balaban J connectivity index is 1.83. The van der Waals surface area contributed by atoms with Crippen LogP contribution < -0.4 is 0 Å². The summed E-state index contributed by atoms with van der Waals surface area (Å²) in [6.07, 6.45) is 1.86. The van der Waals surface area contributed by atoms with Gasteiger partial charge in [-0.25, -0.2) is 9.48 Å². The summed E-state index contributed by atoms with van der Waals surface area (Å²) in [6, 6.07) is 16.9. The van der Waals surface area contributed by atoms with Gasteiger partial charge >= 0.3 is 5.97 Å². The van der Waals surface area contributed by atoms with Gasteiger partial charge < -0.3 is 4.74 Å². The van der Waals surface area contributed by atoms with Crippen LogP contribution in [-0.4, -0.2) is 27.6 Å². The Morgan fingerprint density at radius 3 is 2.50 bits per heavy atom. The molecule has 0 aliphatic heterocycles. The molecule has 0 atom stereocenters. The monoisotopic (exact) mass is 293 g/mol. The van der Waals surface area contributed by atoms with Gasteiger partial charge in [0, 0.05) is 5.56 Å². The minimum atomic E-state index is -0.322. The second-order valence-electron chi connectivity index (χ2n) is 4.68. The fraction of sp³-hybridized carbons (Fsp3) is 0.118. The maximum atomic E-state index is 11.6. The predicted octanol–water partition coefficient (Wildman–Crippen LogP) is 3.11. The standard InChI is InChI=1S/C17H15N3O2/c1-2-22-17(21)14-8-10-15(11-9-14)20-12-16(18-19-20)13-6-4-3-5-7-13/h3-12H,2H2,1H3. The molecule has 0 aliphatic carbocycles. The van der Waals surface area contributed by atoms with Crippen LogP contribution in [0.5, 0.6) is 0 Å². The van der Waals surface area contributed by atoms with E-state index in [1.54, 1.807) is 23.7 Å². The zero-order valence-electron chi connectivity index (χ0n) is 12.1. The van der Waals surface area contributed by atoms with Crippen molar-refractivity contribution in [1.29, 1.82) is 0 Å². The van der Waals surface area contributed by atoms with E-state index in [9.17, 15) is 4.79 Å². The van der Waals surface area contributed by atoms with E-state index < -0.39 is 0 Å². The van der Waals surface area contributed by atoms with Crippen molar-refractivity contribution in [2.45, 2.75) is 6.92 Å². The molecule has 5 heteroatoms. The number of carbonyl (C=O) groups excluding carboxylic acids is 1. The van der Waals surface area contributed by atoms with Crippen molar-refractivity contribution >= 4 is 5.97 Å². The van der Waals surface area contributed by atoms with Crippen LogP contribution in [0, 0.1) is 0 Å². The predicted molar refractivity (Wildman–Crippen MR) is 82.8 cm³/mol. The molecular weight excluding hydrogens is 278 g/mol. The Labute approximate surface area is 128 Å². The fourth-order valence-electron chi connectivity index (χ4n) is 2.10. The number of hydrogen-bond acceptors (Lipinski definition) is 4. The molecule has 5 nitrogen and oxygen atoms in total. The fourth-order valence-corrected chi connectivity index (χ4v) is 2.10. The van der Waals surface area contributed by atoms with Gasteiger partial charge in [-0.05, 0) is 31.2 Å². The van der Waals surface area contributed by atoms with Crippen LogP contribution in [0.2, 0.25) is 0 Å². The maximum Gasteiger partial charge on any atom is 0.338 e. The molecule has 3 aromatic rings. The van der Waals surface area contributed by atoms with Gasteiger partial charge in [0.2, 0.25) is 0 Å². The molecule has 0 saturated carbocycles. The quantitative estimate of drug-likeness (QED) is 0.694. The number of carbonyl (C=O) groups is 1. The van der Waals surface area contributed by atoms with Gasteiger partial charge in [0.1, 0.15) is 5.69 Å². The molecule has 1 aromatic heterocycles. The van der Waals surface area contributed by atoms with Crippen LogP contribution in [0.1, 0.15) is 17.3 Å². The molecule has 0 N–H and O–H groups in total. The highest BCUT2D eigenvalue weighted by atomic mass is 16.5. The zero-order chi connectivity index (χ0) is 15.4. The Morgan fingerprint density at radius 2 is 1.82 bits per heavy atom. The van der Waals surface area contributed by atoms with E-state index in [0.717, 1.165) is 16.9 Å². The molecule has 2 aromatic carbocycles. The lowest BCUT2D eigenvalue weighted by atomic mass is 10.2. The van der Waals surface area contributed by atoms with Crippen molar-refractivity contribution in [2.75, 3.05) is 6.61 Å². The SMILES string of the molecule is CCOC(=O)c1ccc(-n2cc(-c3ccccc3)nn2)cc1. The van der Waals surface area contributed by atoms with Gasteiger partial charge in [-0.2, -0.15) is 0 Å². The van der Waals surface area contributed by atoms with Gasteiger partial charge in [0.05, 0.1) is 24.1 Å². The topological polar surface area (TPSA) is 57.0 Å². The first kappa shape index (κ1) is 14.0. The average molecular weight is 293 g/mol. The first-order chi connectivity index (χ1) is 10.8. The van der Waals surface area contributed by atoms with E-state index >= 15 is 0 Å². The molecule has 0 saturated heterocycles. The van der Waals surface area contributed by atoms with E-state index in [1.165, 1.54) is 0 Å². The van der Waals surface area contributed by atoms with E-state index in [2.05, 4.69) is 10.3 Å². The largest absolute Gasteiger partial charge is 0.462 e. The zero-order valence-corrected chi connectivity index (χ0v) is 12.1. The molecular formula is C17H15N3O2. The molecule has 1 heterocycles. The molecule has 0 unspecified atom stereocenters. The lowest BCUT2D eigenvalue weighted by Crippen LogP contribution is -2.04. The van der Waals surface area contributed by atoms with Crippen LogP contribution >= 0.6 is 0 Å². The number of esters is 1. The maximum absolute atomic E-state index is 11.6. The molecule has 0 fully saturated rings. The second-order valence-corrected chi connectivity index (χ2v) is 4.68. The number of nitrogens with zero attached hydrogens (tertiary/aromatic N) is 3. The van der Waals surface area contributed by atoms with Gasteiger partial charge in [-0.1, -0.05) is 35.5 Å². The Bertz CT molecular complexity index is 764. The molecule has 0 aliphatic rings. The minimum Gasteiger partial charge on any atom is -0.462 e. The first-order valence-corrected chi connectivity index (χ1v) is 7.03. The van der Waals surface area contributed by atoms with Crippen molar-refractivity contribution in [3.63, 3.8) is 0 Å². The van der Waals surface area contributed by atoms with Crippen molar-refractivity contribution < 1.29 is 9.53 Å². The van der Waals surface area contributed by atoms with Crippen molar-refractivity contribution in [3.05, 3.63) is 66.4 Å². The molecule has 0 spiro atoms. The second kappa shape index (κ2) is 6.22. The highest BCUT2D eigenvalue weighted by molar-refractivity contribution is 5.89. The number of ether oxygens (including phenoxy) is 1. The lowest BCUT2D eigenvalue weighted by Gasteiger charge is -2.03. The van der Waals surface area contributed by atoms with Gasteiger partial charge in [-0.15, -0.1) is 5.10 Å². The molecule has 0 amide bonds. The lowest BCUT2D eigenvalue weighted by molar-refractivity contribution is 0.0526. The highest BCUT2D eigenvalue weighted by Crippen LogP contribution is 2.17. The number of aromatic nitrogens is 3. The van der Waals surface area contributed by atoms with Crippen LogP contribution in [0.25, 0.3) is 16.9 Å². The van der Waals surface area contributed by atoms with E-state index in [0.29, 0.717) is 12.2 Å². The number of hydrogen-bond donors (Lipinski definition) is 0. The van der Waals surface area contributed by atoms with Crippen molar-refractivity contribution in [3.8, 4) is 16.9 Å². The third-order valence-electron chi connectivity index (χ3n) is 3.21. The summed E-state index contributed by atoms with van der Waals surface area (Å²) in [5.74, 6) is -0.322. The van der Waals surface area contributed by atoms with Gasteiger partial charge in [-0.3, -0.25) is 0 Å². The molecule has 0 bridgehead atoms. The normalized spacial score (nSPS) is 10.4. The first-order valence-electron chi connectivity index (χ1n) is 7.03. The average Bonchev–Trinajstić information content (AvgIpc) is 3.06. The van der Waals surface area contributed by atoms with Gasteiger partial charge in [0.25, 0.3) is 0 Å². The van der Waals surface area contributed by atoms with Crippen LogP contribution in [0.4, 0.5) is 0 Å². The Kier molecular flexibility index (Phi) is 3.96. The third kappa shape index (κ3) is 2.88. The Hall–Kier alpha value is -2.95. The summed E-state index contributed by atoms with van der Waals surface area (Å²) < 4.78 is 6.64. The highest BCUT2D eigenvalue weighted by Gasteiger charge is 2.08. The smallest absolute Gasteiger partial charge is 0.338 e. The molecule has 0 radical (unpaired) electrons. The van der Waals surface area contributed by atoms with Crippen LogP contribution in [0.15, 0.2) is 60.8 Å². The number of rotatable bonds is 4. The van der Waals surface area contributed by atoms with Crippen LogP contribution in [0.3, 0.4) is 0 Å². The Morgan fingerprint density at radius 1 is 1.09 bits per heavy atom. The number of benzene rings is 2. The van der Waals surface area contributed by atoms with Crippen molar-refractivity contribution in [1.82, 2.24) is 15.0 Å². The van der Waals surface area contributed by atoms with E-state index in [4.69, 9.17) is 4.74 Å². The molecule has 110 valence electrons. The summed E-state index contributed by atoms with van der Waals surface area (Å²) in [5.41, 5.74) is 3.17. The van der Waals surface area contributed by atoms with E-state index in [-0.39, 0.29) is 5.97 Å². The summed E-state index contributed by atoms with van der Waals surface area (Å²) in [5, 5.41) is 8.30.